The van der Waals surface area contributed by atoms with Crippen LogP contribution in [0.1, 0.15) is 0 Å². The van der Waals surface area contributed by atoms with Crippen LogP contribution in [0.2, 0.25) is 0 Å². The molecule has 2 aromatic rings. The topological polar surface area (TPSA) is 66.0 Å². The van der Waals surface area contributed by atoms with Crippen LogP contribution < -0.4 is 10.5 Å². The van der Waals surface area contributed by atoms with Crippen molar-refractivity contribution >= 4 is 5.82 Å². The van der Waals surface area contributed by atoms with Gasteiger partial charge in [-0.05, 0) is 6.07 Å². The molecule has 0 fully saturated rings. The fourth-order valence-corrected chi connectivity index (χ4v) is 1.06. The van der Waals surface area contributed by atoms with E-state index in [1.54, 1.807) is 35.3 Å². The number of nitrogens with two attached hydrogens (primary N) is 1. The van der Waals surface area contributed by atoms with E-state index in [2.05, 4.69) is 10.1 Å². The second kappa shape index (κ2) is 3.37. The van der Waals surface area contributed by atoms with E-state index in [1.165, 1.54) is 0 Å². The summed E-state index contributed by atoms with van der Waals surface area (Å²) < 4.78 is 7.06. The Morgan fingerprint density at radius 2 is 2.29 bits per heavy atom. The molecule has 0 spiro atoms. The standard InChI is InChI=1S/C9H10N4O/c1-13-6-7(5-11-13)14-9-4-2-3-8(10)12-9/h2-6H,1H3,(H2,10,12). The summed E-state index contributed by atoms with van der Waals surface area (Å²) in [5, 5.41) is 3.97. The van der Waals surface area contributed by atoms with Gasteiger partial charge in [0.1, 0.15) is 5.82 Å². The van der Waals surface area contributed by atoms with Crippen LogP contribution in [0.25, 0.3) is 0 Å². The van der Waals surface area contributed by atoms with Crippen molar-refractivity contribution in [2.45, 2.75) is 0 Å². The third-order valence-electron chi connectivity index (χ3n) is 1.65. The monoisotopic (exact) mass is 190 g/mol. The smallest absolute Gasteiger partial charge is 0.221 e. The Hall–Kier alpha value is -2.04. The SMILES string of the molecule is Cn1cc(Oc2cccc(N)n2)cn1. The van der Waals surface area contributed by atoms with Gasteiger partial charge in [0.25, 0.3) is 0 Å². The molecule has 0 bridgehead atoms. The molecule has 2 N–H and O–H groups in total. The number of hydrogen-bond acceptors (Lipinski definition) is 4. The first-order chi connectivity index (χ1) is 6.74. The molecule has 0 radical (unpaired) electrons. The average Bonchev–Trinajstić information content (AvgIpc) is 2.51. The number of pyridine rings is 1. The van der Waals surface area contributed by atoms with Gasteiger partial charge in [0.05, 0.1) is 12.4 Å². The number of aromatic nitrogens is 3. The number of rotatable bonds is 2. The van der Waals surface area contributed by atoms with Crippen LogP contribution in [0, 0.1) is 0 Å². The van der Waals surface area contributed by atoms with Crippen molar-refractivity contribution in [3.05, 3.63) is 30.6 Å². The first kappa shape index (κ1) is 8.55. The van der Waals surface area contributed by atoms with E-state index in [0.717, 1.165) is 0 Å². The molecular formula is C9H10N4O. The minimum atomic E-state index is 0.436. The Morgan fingerprint density at radius 1 is 1.43 bits per heavy atom. The maximum Gasteiger partial charge on any atom is 0.221 e. The van der Waals surface area contributed by atoms with Gasteiger partial charge in [-0.15, -0.1) is 0 Å². The number of anilines is 1. The zero-order valence-corrected chi connectivity index (χ0v) is 7.71. The van der Waals surface area contributed by atoms with Crippen molar-refractivity contribution in [1.82, 2.24) is 14.8 Å². The molecule has 72 valence electrons. The Morgan fingerprint density at radius 3 is 2.93 bits per heavy atom. The molecule has 2 heterocycles. The van der Waals surface area contributed by atoms with Crippen molar-refractivity contribution in [1.29, 1.82) is 0 Å². The Balaban J connectivity index is 2.18. The molecule has 0 aliphatic carbocycles. The minimum absolute atomic E-state index is 0.436. The van der Waals surface area contributed by atoms with E-state index in [4.69, 9.17) is 10.5 Å². The molecule has 0 atom stereocenters. The largest absolute Gasteiger partial charge is 0.436 e. The van der Waals surface area contributed by atoms with Crippen molar-refractivity contribution in [3.8, 4) is 11.6 Å². The highest BCUT2D eigenvalue weighted by Gasteiger charge is 2.00. The molecule has 2 aromatic heterocycles. The lowest BCUT2D eigenvalue weighted by Gasteiger charge is -2.00. The lowest BCUT2D eigenvalue weighted by atomic mass is 10.4. The molecule has 0 amide bonds. The first-order valence-corrected chi connectivity index (χ1v) is 4.13. The van der Waals surface area contributed by atoms with Gasteiger partial charge >= 0.3 is 0 Å². The van der Waals surface area contributed by atoms with Crippen LogP contribution in [0.5, 0.6) is 11.6 Å². The van der Waals surface area contributed by atoms with Crippen LogP contribution in [0.4, 0.5) is 5.82 Å². The highest BCUT2D eigenvalue weighted by molar-refractivity contribution is 5.32. The lowest BCUT2D eigenvalue weighted by molar-refractivity contribution is 0.463. The molecule has 0 unspecified atom stereocenters. The zero-order valence-electron chi connectivity index (χ0n) is 7.71. The Kier molecular flexibility index (Phi) is 2.06. The molecule has 0 saturated heterocycles. The van der Waals surface area contributed by atoms with Crippen LogP contribution in [-0.2, 0) is 7.05 Å². The quantitative estimate of drug-likeness (QED) is 0.772. The summed E-state index contributed by atoms with van der Waals surface area (Å²) in [6.07, 6.45) is 3.37. The molecular weight excluding hydrogens is 180 g/mol. The van der Waals surface area contributed by atoms with Gasteiger partial charge in [0.15, 0.2) is 5.75 Å². The van der Waals surface area contributed by atoms with E-state index >= 15 is 0 Å². The normalized spacial score (nSPS) is 10.1. The summed E-state index contributed by atoms with van der Waals surface area (Å²) in [7, 11) is 1.82. The zero-order chi connectivity index (χ0) is 9.97. The number of nitrogens with zero attached hydrogens (tertiary/aromatic N) is 3. The van der Waals surface area contributed by atoms with Crippen LogP contribution in [0.15, 0.2) is 30.6 Å². The van der Waals surface area contributed by atoms with Crippen molar-refractivity contribution in [2.75, 3.05) is 5.73 Å². The number of aryl methyl sites for hydroxylation is 1. The minimum Gasteiger partial charge on any atom is -0.436 e. The maximum atomic E-state index is 5.51. The summed E-state index contributed by atoms with van der Waals surface area (Å²) in [4.78, 5) is 4.00. The highest BCUT2D eigenvalue weighted by atomic mass is 16.5. The fourth-order valence-electron chi connectivity index (χ4n) is 1.06. The van der Waals surface area contributed by atoms with E-state index in [-0.39, 0.29) is 0 Å². The van der Waals surface area contributed by atoms with Gasteiger partial charge in [-0.2, -0.15) is 10.1 Å². The summed E-state index contributed by atoms with van der Waals surface area (Å²) in [6.45, 7) is 0. The molecule has 14 heavy (non-hydrogen) atoms. The van der Waals surface area contributed by atoms with Gasteiger partial charge in [0, 0.05) is 13.1 Å². The first-order valence-electron chi connectivity index (χ1n) is 4.13. The van der Waals surface area contributed by atoms with Gasteiger partial charge in [0.2, 0.25) is 5.88 Å². The summed E-state index contributed by atoms with van der Waals surface area (Å²) in [5.41, 5.74) is 5.51. The predicted octanol–water partition coefficient (Wildman–Crippen LogP) is 1.19. The number of ether oxygens (including phenoxy) is 1. The Labute approximate surface area is 81.1 Å². The van der Waals surface area contributed by atoms with Gasteiger partial charge in [-0.1, -0.05) is 6.07 Å². The fraction of sp³-hybridized carbons (Fsp3) is 0.111. The average molecular weight is 190 g/mol. The predicted molar refractivity (Wildman–Crippen MR) is 51.9 cm³/mol. The third kappa shape index (κ3) is 1.82. The summed E-state index contributed by atoms with van der Waals surface area (Å²) in [5.74, 6) is 1.55. The van der Waals surface area contributed by atoms with Gasteiger partial charge in [-0.25, -0.2) is 0 Å². The van der Waals surface area contributed by atoms with Crippen LogP contribution >= 0.6 is 0 Å². The van der Waals surface area contributed by atoms with Crippen molar-refractivity contribution < 1.29 is 4.74 Å². The molecule has 0 saturated carbocycles. The Bertz CT molecular complexity index is 438. The lowest BCUT2D eigenvalue weighted by Crippen LogP contribution is -1.92. The summed E-state index contributed by atoms with van der Waals surface area (Å²) in [6, 6.07) is 5.23. The molecule has 0 aromatic carbocycles. The van der Waals surface area contributed by atoms with E-state index in [9.17, 15) is 0 Å². The second-order valence-electron chi connectivity index (χ2n) is 2.85. The number of nitrogen functional groups attached to an aromatic ring is 1. The summed E-state index contributed by atoms with van der Waals surface area (Å²) >= 11 is 0. The van der Waals surface area contributed by atoms with Crippen LogP contribution in [-0.4, -0.2) is 14.8 Å². The van der Waals surface area contributed by atoms with Gasteiger partial charge in [-0.3, -0.25) is 4.68 Å². The van der Waals surface area contributed by atoms with Crippen molar-refractivity contribution in [2.24, 2.45) is 7.05 Å². The third-order valence-corrected chi connectivity index (χ3v) is 1.65. The van der Waals surface area contributed by atoms with Gasteiger partial charge < -0.3 is 10.5 Å². The molecule has 2 rings (SSSR count). The molecule has 0 aliphatic heterocycles. The van der Waals surface area contributed by atoms with E-state index in [0.29, 0.717) is 17.4 Å². The van der Waals surface area contributed by atoms with E-state index < -0.39 is 0 Å². The molecule has 0 aliphatic rings. The highest BCUT2D eigenvalue weighted by Crippen LogP contribution is 2.18. The van der Waals surface area contributed by atoms with Crippen molar-refractivity contribution in [3.63, 3.8) is 0 Å². The molecule has 5 nitrogen and oxygen atoms in total. The van der Waals surface area contributed by atoms with E-state index in [1.807, 2.05) is 7.05 Å². The molecule has 5 heteroatoms. The van der Waals surface area contributed by atoms with Crippen LogP contribution in [0.3, 0.4) is 0 Å². The maximum absolute atomic E-state index is 5.51. The second-order valence-corrected chi connectivity index (χ2v) is 2.85. The number of hydrogen-bond donors (Lipinski definition) is 1.